The molecule has 1 aliphatic heterocycles. The van der Waals surface area contributed by atoms with Crippen molar-refractivity contribution in [2.75, 3.05) is 34.1 Å². The molecule has 1 unspecified atom stereocenters. The smallest absolute Gasteiger partial charge is 0.330 e. The lowest BCUT2D eigenvalue weighted by Crippen LogP contribution is -2.38. The van der Waals surface area contributed by atoms with Crippen molar-refractivity contribution in [2.45, 2.75) is 63.6 Å². The normalized spacial score (nSPS) is 18.0. The van der Waals surface area contributed by atoms with E-state index in [4.69, 9.17) is 33.3 Å². The first-order valence-electron chi connectivity index (χ1n) is 16.6. The highest BCUT2D eigenvalue weighted by atomic mass is 31.2. The molecule has 0 aliphatic carbocycles. The number of hydrogen-bond donors (Lipinski definition) is 1. The molecule has 3 aromatic carbocycles. The molecule has 0 saturated carbocycles. The molecule has 1 aromatic heterocycles. The Hall–Kier alpha value is -4.30. The van der Waals surface area contributed by atoms with E-state index in [2.05, 4.69) is 42.2 Å². The van der Waals surface area contributed by atoms with Crippen molar-refractivity contribution in [1.82, 2.24) is 9.55 Å². The summed E-state index contributed by atoms with van der Waals surface area (Å²) in [6.45, 7) is 5.92. The van der Waals surface area contributed by atoms with Gasteiger partial charge in [0.2, 0.25) is 0 Å². The predicted octanol–water partition coefficient (Wildman–Crippen LogP) is 6.37. The number of aromatic nitrogens is 2. The van der Waals surface area contributed by atoms with Crippen molar-refractivity contribution in [3.8, 4) is 17.6 Å². The number of nitrogens with zero attached hydrogens (tertiary/aromatic N) is 2. The Labute approximate surface area is 293 Å². The minimum absolute atomic E-state index is 0.0639. The third-order valence-electron chi connectivity index (χ3n) is 8.76. The summed E-state index contributed by atoms with van der Waals surface area (Å²) in [6, 6.07) is 26.1. The maximum Gasteiger partial charge on any atom is 0.330 e. The van der Waals surface area contributed by atoms with Crippen LogP contribution in [0.3, 0.4) is 0 Å². The second-order valence-electron chi connectivity index (χ2n) is 12.1. The standard InChI is InChI=1S/C38H44N3O8P/c1-6-8-27-9-11-28(12-10-27)38(29-13-17-31(44-3)18-14-29,30-15-19-32(45-4)20-16-30)46-25-34-33(49-50(5)47-22-7-21-39)23-35(48-34)41-24-26(2)36(42)40-37(41)43/h9-20,24,33-35H,6-8,22-23,25H2,1-5H3,(H,40,42,43)/t33-,34-,35-,50?/m1/s1. The number of hydrogen-bond acceptors (Lipinski definition) is 9. The van der Waals surface area contributed by atoms with E-state index in [-0.39, 0.29) is 19.6 Å². The summed E-state index contributed by atoms with van der Waals surface area (Å²) in [7, 11) is 1.87. The monoisotopic (exact) mass is 701 g/mol. The summed E-state index contributed by atoms with van der Waals surface area (Å²) < 4.78 is 38.3. The average molecular weight is 702 g/mol. The maximum absolute atomic E-state index is 12.9. The number of rotatable bonds is 16. The molecule has 50 heavy (non-hydrogen) atoms. The Balaban J connectivity index is 1.58. The van der Waals surface area contributed by atoms with Crippen molar-refractivity contribution >= 4 is 8.38 Å². The fraction of sp³-hybridized carbons (Fsp3) is 0.395. The van der Waals surface area contributed by atoms with Gasteiger partial charge in [-0.2, -0.15) is 5.26 Å². The molecule has 11 nitrogen and oxygen atoms in total. The second kappa shape index (κ2) is 17.1. The van der Waals surface area contributed by atoms with E-state index in [1.165, 1.54) is 16.3 Å². The van der Waals surface area contributed by atoms with Crippen LogP contribution in [-0.2, 0) is 30.5 Å². The van der Waals surface area contributed by atoms with Gasteiger partial charge in [-0.25, -0.2) is 4.79 Å². The second-order valence-corrected chi connectivity index (χ2v) is 13.4. The summed E-state index contributed by atoms with van der Waals surface area (Å²) in [4.78, 5) is 27.4. The molecule has 264 valence electrons. The number of H-pyrrole nitrogens is 1. The molecule has 0 amide bonds. The van der Waals surface area contributed by atoms with Gasteiger partial charge >= 0.3 is 5.69 Å². The van der Waals surface area contributed by atoms with E-state index in [9.17, 15) is 9.59 Å². The Morgan fingerprint density at radius 3 is 2.08 bits per heavy atom. The van der Waals surface area contributed by atoms with Gasteiger partial charge in [-0.1, -0.05) is 61.9 Å². The molecular formula is C38H44N3O8P. The SMILES string of the molecule is CCCc1ccc(C(OC[C@H]2O[C@@H](n3cc(C)c(=O)[nH]c3=O)C[C@H]2OP(C)OCCC#N)(c2ccc(OC)cc2)c2ccc(OC)cc2)cc1. The number of aryl methyl sites for hydroxylation is 2. The number of benzene rings is 3. The van der Waals surface area contributed by atoms with Crippen molar-refractivity contribution in [2.24, 2.45) is 0 Å². The van der Waals surface area contributed by atoms with Gasteiger partial charge < -0.3 is 28.0 Å². The first-order chi connectivity index (χ1) is 24.2. The Kier molecular flexibility index (Phi) is 12.6. The van der Waals surface area contributed by atoms with Gasteiger partial charge in [-0.15, -0.1) is 0 Å². The van der Waals surface area contributed by atoms with Crippen LogP contribution in [0.15, 0.2) is 88.6 Å². The predicted molar refractivity (Wildman–Crippen MR) is 191 cm³/mol. The third-order valence-corrected chi connectivity index (χ3v) is 9.88. The number of aromatic amines is 1. The molecular weight excluding hydrogens is 657 g/mol. The van der Waals surface area contributed by atoms with Crippen molar-refractivity contribution < 1.29 is 28.0 Å². The van der Waals surface area contributed by atoms with Gasteiger partial charge in [0.1, 0.15) is 29.4 Å². The van der Waals surface area contributed by atoms with Crippen LogP contribution >= 0.6 is 8.38 Å². The van der Waals surface area contributed by atoms with E-state index in [0.29, 0.717) is 23.5 Å². The average Bonchev–Trinajstić information content (AvgIpc) is 3.53. The van der Waals surface area contributed by atoms with Crippen molar-refractivity contribution in [1.29, 1.82) is 5.26 Å². The zero-order valence-electron chi connectivity index (χ0n) is 29.1. The third kappa shape index (κ3) is 8.35. The van der Waals surface area contributed by atoms with E-state index < -0.39 is 43.7 Å². The van der Waals surface area contributed by atoms with Gasteiger partial charge in [0.15, 0.2) is 8.38 Å². The lowest BCUT2D eigenvalue weighted by atomic mass is 9.79. The van der Waals surface area contributed by atoms with Gasteiger partial charge in [0.25, 0.3) is 5.56 Å². The molecule has 0 bridgehead atoms. The van der Waals surface area contributed by atoms with Crippen molar-refractivity contribution in [3.05, 3.63) is 128 Å². The quantitative estimate of drug-likeness (QED) is 0.0804. The molecule has 0 radical (unpaired) electrons. The largest absolute Gasteiger partial charge is 0.497 e. The molecule has 1 saturated heterocycles. The minimum Gasteiger partial charge on any atom is -0.497 e. The molecule has 12 heteroatoms. The van der Waals surface area contributed by atoms with E-state index in [1.54, 1.807) is 21.1 Å². The van der Waals surface area contributed by atoms with Gasteiger partial charge in [0.05, 0.1) is 46.0 Å². The van der Waals surface area contributed by atoms with Crippen LogP contribution in [-0.4, -0.2) is 55.9 Å². The summed E-state index contributed by atoms with van der Waals surface area (Å²) in [6.07, 6.45) is 2.12. The van der Waals surface area contributed by atoms with Gasteiger partial charge in [0, 0.05) is 24.8 Å². The lowest BCUT2D eigenvalue weighted by molar-refractivity contribution is -0.0916. The van der Waals surface area contributed by atoms with Crippen LogP contribution in [0.2, 0.25) is 0 Å². The number of ether oxygens (including phenoxy) is 4. The highest BCUT2D eigenvalue weighted by molar-refractivity contribution is 7.46. The topological polar surface area (TPSA) is 134 Å². The molecule has 5 rings (SSSR count). The molecule has 4 atom stereocenters. The minimum atomic E-state index is -1.39. The zero-order valence-corrected chi connectivity index (χ0v) is 30.0. The summed E-state index contributed by atoms with van der Waals surface area (Å²) in [5, 5.41) is 8.99. The zero-order chi connectivity index (χ0) is 35.7. The molecule has 1 fully saturated rings. The van der Waals surface area contributed by atoms with E-state index in [0.717, 1.165) is 29.5 Å². The van der Waals surface area contributed by atoms with Crippen LogP contribution in [0.5, 0.6) is 11.5 Å². The van der Waals surface area contributed by atoms with Gasteiger partial charge in [-0.05, 0) is 59.9 Å². The van der Waals surface area contributed by atoms with Crippen LogP contribution in [0, 0.1) is 18.3 Å². The Bertz CT molecular complexity index is 1800. The number of nitriles is 1. The molecule has 1 aliphatic rings. The molecule has 2 heterocycles. The van der Waals surface area contributed by atoms with E-state index in [1.807, 2.05) is 55.2 Å². The summed E-state index contributed by atoms with van der Waals surface area (Å²) in [5.74, 6) is 1.42. The fourth-order valence-electron chi connectivity index (χ4n) is 6.18. The number of methoxy groups -OCH3 is 2. The van der Waals surface area contributed by atoms with Crippen LogP contribution in [0.25, 0.3) is 0 Å². The van der Waals surface area contributed by atoms with Crippen molar-refractivity contribution in [3.63, 3.8) is 0 Å². The number of nitrogens with one attached hydrogen (secondary N) is 1. The van der Waals surface area contributed by atoms with Crippen LogP contribution < -0.4 is 20.7 Å². The van der Waals surface area contributed by atoms with Crippen LogP contribution in [0.1, 0.15) is 60.2 Å². The highest BCUT2D eigenvalue weighted by Crippen LogP contribution is 2.45. The fourth-order valence-corrected chi connectivity index (χ4v) is 7.19. The van der Waals surface area contributed by atoms with Crippen LogP contribution in [0.4, 0.5) is 0 Å². The van der Waals surface area contributed by atoms with Gasteiger partial charge in [-0.3, -0.25) is 14.3 Å². The summed E-state index contributed by atoms with van der Waals surface area (Å²) >= 11 is 0. The Morgan fingerprint density at radius 1 is 0.960 bits per heavy atom. The first kappa shape index (κ1) is 37.0. The first-order valence-corrected chi connectivity index (χ1v) is 18.2. The molecule has 0 spiro atoms. The highest BCUT2D eigenvalue weighted by Gasteiger charge is 2.43. The summed E-state index contributed by atoms with van der Waals surface area (Å²) in [5.41, 5.74) is 2.10. The van der Waals surface area contributed by atoms with E-state index >= 15 is 0 Å². The maximum atomic E-state index is 12.9. The Morgan fingerprint density at radius 2 is 1.54 bits per heavy atom. The molecule has 1 N–H and O–H groups in total. The molecule has 4 aromatic rings. The lowest BCUT2D eigenvalue weighted by Gasteiger charge is -2.37.